The number of halogens is 1. The Kier molecular flexibility index (Phi) is 2.83. The molecule has 0 aromatic carbocycles. The first-order chi connectivity index (χ1) is 8.72. The summed E-state index contributed by atoms with van der Waals surface area (Å²) in [5.74, 6) is 0.382. The van der Waals surface area contributed by atoms with Crippen molar-refractivity contribution in [2.45, 2.75) is 32.4 Å². The van der Waals surface area contributed by atoms with E-state index in [4.69, 9.17) is 0 Å². The van der Waals surface area contributed by atoms with Gasteiger partial charge >= 0.3 is 0 Å². The smallest absolute Gasteiger partial charge is 0.157 e. The number of aromatic nitrogens is 3. The van der Waals surface area contributed by atoms with Gasteiger partial charge in [0.25, 0.3) is 0 Å². The van der Waals surface area contributed by atoms with Gasteiger partial charge in [0.2, 0.25) is 0 Å². The van der Waals surface area contributed by atoms with Gasteiger partial charge in [-0.1, -0.05) is 0 Å². The lowest BCUT2D eigenvalue weighted by Gasteiger charge is -2.09. The molecule has 3 rings (SSSR count). The predicted octanol–water partition coefficient (Wildman–Crippen LogP) is 1.97. The summed E-state index contributed by atoms with van der Waals surface area (Å²) >= 11 is 0. The summed E-state index contributed by atoms with van der Waals surface area (Å²) in [5.41, 5.74) is 1.90. The molecular formula is C13H15FN4. The van der Waals surface area contributed by atoms with Crippen LogP contribution in [0.25, 0.3) is 5.82 Å². The highest BCUT2D eigenvalue weighted by Gasteiger charge is 2.21. The SMILES string of the molecule is Cc1cnn(-c2ncc(F)cc2CNC2CC2)c1. The van der Waals surface area contributed by atoms with Crippen LogP contribution in [0.2, 0.25) is 0 Å². The van der Waals surface area contributed by atoms with Crippen molar-refractivity contribution in [3.63, 3.8) is 0 Å². The van der Waals surface area contributed by atoms with E-state index >= 15 is 0 Å². The van der Waals surface area contributed by atoms with Crippen LogP contribution < -0.4 is 5.32 Å². The largest absolute Gasteiger partial charge is 0.310 e. The van der Waals surface area contributed by atoms with Gasteiger partial charge in [-0.05, 0) is 31.4 Å². The predicted molar refractivity (Wildman–Crippen MR) is 65.9 cm³/mol. The molecule has 2 aromatic heterocycles. The second-order valence-electron chi connectivity index (χ2n) is 4.75. The third kappa shape index (κ3) is 2.41. The molecule has 1 N–H and O–H groups in total. The number of hydrogen-bond donors (Lipinski definition) is 1. The lowest BCUT2D eigenvalue weighted by atomic mass is 10.2. The van der Waals surface area contributed by atoms with Gasteiger partial charge < -0.3 is 5.32 Å². The van der Waals surface area contributed by atoms with Crippen molar-refractivity contribution >= 4 is 0 Å². The highest BCUT2D eigenvalue weighted by molar-refractivity contribution is 5.33. The fourth-order valence-corrected chi connectivity index (χ4v) is 1.88. The number of nitrogens with one attached hydrogen (secondary N) is 1. The van der Waals surface area contributed by atoms with Gasteiger partial charge in [-0.3, -0.25) is 0 Å². The summed E-state index contributed by atoms with van der Waals surface area (Å²) in [7, 11) is 0. The minimum Gasteiger partial charge on any atom is -0.310 e. The fraction of sp³-hybridized carbons (Fsp3) is 0.385. The van der Waals surface area contributed by atoms with Crippen molar-refractivity contribution in [2.75, 3.05) is 0 Å². The van der Waals surface area contributed by atoms with Crippen LogP contribution in [0.4, 0.5) is 4.39 Å². The van der Waals surface area contributed by atoms with E-state index in [1.165, 1.54) is 25.1 Å². The first-order valence-corrected chi connectivity index (χ1v) is 6.12. The lowest BCUT2D eigenvalue weighted by Crippen LogP contribution is -2.18. The summed E-state index contributed by atoms with van der Waals surface area (Å²) in [6, 6.07) is 2.11. The number of hydrogen-bond acceptors (Lipinski definition) is 3. The first kappa shape index (κ1) is 11.3. The van der Waals surface area contributed by atoms with Gasteiger partial charge in [-0.25, -0.2) is 14.1 Å². The van der Waals surface area contributed by atoms with Gasteiger partial charge in [0, 0.05) is 24.3 Å². The maximum absolute atomic E-state index is 13.3. The molecule has 1 aliphatic rings. The van der Waals surface area contributed by atoms with E-state index in [0.717, 1.165) is 11.1 Å². The second kappa shape index (κ2) is 4.49. The average Bonchev–Trinajstić information content (AvgIpc) is 3.08. The minimum atomic E-state index is -0.310. The van der Waals surface area contributed by atoms with Crippen molar-refractivity contribution in [1.29, 1.82) is 0 Å². The molecule has 1 fully saturated rings. The molecule has 2 heterocycles. The van der Waals surface area contributed by atoms with E-state index < -0.39 is 0 Å². The number of rotatable bonds is 4. The van der Waals surface area contributed by atoms with E-state index in [2.05, 4.69) is 15.4 Å². The van der Waals surface area contributed by atoms with E-state index in [0.29, 0.717) is 18.4 Å². The Morgan fingerprint density at radius 3 is 2.94 bits per heavy atom. The lowest BCUT2D eigenvalue weighted by molar-refractivity contribution is 0.607. The van der Waals surface area contributed by atoms with Crippen LogP contribution in [-0.4, -0.2) is 20.8 Å². The average molecular weight is 246 g/mol. The zero-order chi connectivity index (χ0) is 12.5. The van der Waals surface area contributed by atoms with Crippen molar-refractivity contribution in [2.24, 2.45) is 0 Å². The Balaban J connectivity index is 1.91. The van der Waals surface area contributed by atoms with Crippen LogP contribution in [0.1, 0.15) is 24.0 Å². The zero-order valence-corrected chi connectivity index (χ0v) is 10.2. The van der Waals surface area contributed by atoms with E-state index in [9.17, 15) is 4.39 Å². The molecular weight excluding hydrogens is 231 g/mol. The summed E-state index contributed by atoms with van der Waals surface area (Å²) in [6.07, 6.45) is 7.30. The molecule has 0 radical (unpaired) electrons. The topological polar surface area (TPSA) is 42.7 Å². The second-order valence-corrected chi connectivity index (χ2v) is 4.75. The molecule has 1 saturated carbocycles. The van der Waals surface area contributed by atoms with Gasteiger partial charge in [-0.15, -0.1) is 0 Å². The van der Waals surface area contributed by atoms with Crippen LogP contribution >= 0.6 is 0 Å². The molecule has 0 saturated heterocycles. The Labute approximate surface area is 105 Å². The van der Waals surface area contributed by atoms with Crippen molar-refractivity contribution in [1.82, 2.24) is 20.1 Å². The van der Waals surface area contributed by atoms with Gasteiger partial charge in [0.1, 0.15) is 5.82 Å². The van der Waals surface area contributed by atoms with E-state index in [-0.39, 0.29) is 5.82 Å². The van der Waals surface area contributed by atoms with Crippen LogP contribution in [0.15, 0.2) is 24.7 Å². The molecule has 0 spiro atoms. The Morgan fingerprint density at radius 2 is 2.28 bits per heavy atom. The Hall–Kier alpha value is -1.75. The zero-order valence-electron chi connectivity index (χ0n) is 10.2. The van der Waals surface area contributed by atoms with Gasteiger partial charge in [0.05, 0.1) is 12.4 Å². The van der Waals surface area contributed by atoms with Crippen molar-refractivity contribution in [3.05, 3.63) is 41.6 Å². The summed E-state index contributed by atoms with van der Waals surface area (Å²) < 4.78 is 15.0. The highest BCUT2D eigenvalue weighted by Crippen LogP contribution is 2.20. The Morgan fingerprint density at radius 1 is 1.44 bits per heavy atom. The van der Waals surface area contributed by atoms with Crippen LogP contribution in [0.3, 0.4) is 0 Å². The van der Waals surface area contributed by atoms with E-state index in [1.54, 1.807) is 10.9 Å². The maximum Gasteiger partial charge on any atom is 0.157 e. The summed E-state index contributed by atoms with van der Waals surface area (Å²) in [5, 5.41) is 7.59. The molecule has 18 heavy (non-hydrogen) atoms. The molecule has 5 heteroatoms. The first-order valence-electron chi connectivity index (χ1n) is 6.12. The molecule has 0 unspecified atom stereocenters. The maximum atomic E-state index is 13.3. The third-order valence-corrected chi connectivity index (χ3v) is 3.00. The van der Waals surface area contributed by atoms with E-state index in [1.807, 2.05) is 13.1 Å². The molecule has 0 amide bonds. The normalized spacial score (nSPS) is 15.0. The summed E-state index contributed by atoms with van der Waals surface area (Å²) in [6.45, 7) is 2.60. The van der Waals surface area contributed by atoms with Crippen molar-refractivity contribution < 1.29 is 4.39 Å². The number of pyridine rings is 1. The monoisotopic (exact) mass is 246 g/mol. The minimum absolute atomic E-state index is 0.310. The molecule has 94 valence electrons. The third-order valence-electron chi connectivity index (χ3n) is 3.00. The standard InChI is InChI=1S/C13H15FN4/c1-9-5-17-18(8-9)13-10(4-11(14)7-16-13)6-15-12-2-3-12/h4-5,7-8,12,15H,2-3,6H2,1H3. The van der Waals surface area contributed by atoms with Crippen LogP contribution in [-0.2, 0) is 6.54 Å². The molecule has 0 atom stereocenters. The van der Waals surface area contributed by atoms with Gasteiger partial charge in [-0.2, -0.15) is 5.10 Å². The van der Waals surface area contributed by atoms with Gasteiger partial charge in [0.15, 0.2) is 5.82 Å². The van der Waals surface area contributed by atoms with Crippen LogP contribution in [0, 0.1) is 12.7 Å². The molecule has 0 aliphatic heterocycles. The molecule has 2 aromatic rings. The molecule has 1 aliphatic carbocycles. The quantitative estimate of drug-likeness (QED) is 0.896. The van der Waals surface area contributed by atoms with Crippen LogP contribution in [0.5, 0.6) is 0 Å². The molecule has 0 bridgehead atoms. The summed E-state index contributed by atoms with van der Waals surface area (Å²) in [4.78, 5) is 4.15. The number of aryl methyl sites for hydroxylation is 1. The highest BCUT2D eigenvalue weighted by atomic mass is 19.1. The van der Waals surface area contributed by atoms with Crippen molar-refractivity contribution in [3.8, 4) is 5.82 Å². The fourth-order valence-electron chi connectivity index (χ4n) is 1.88. The Bertz CT molecular complexity index is 560. The molecule has 4 nitrogen and oxygen atoms in total. The number of nitrogens with zero attached hydrogens (tertiary/aromatic N) is 3.